The Balaban J connectivity index is 1.47. The number of likely N-dealkylation sites (tertiary alicyclic amines) is 1. The number of hydrogen-bond acceptors (Lipinski definition) is 3. The van der Waals surface area contributed by atoms with Crippen LogP contribution < -0.4 is 4.72 Å². The second-order valence-corrected chi connectivity index (χ2v) is 10.2. The fraction of sp³-hybridized carbons (Fsp3) is 0.667. The van der Waals surface area contributed by atoms with Crippen molar-refractivity contribution in [2.75, 3.05) is 13.1 Å². The Morgan fingerprint density at radius 3 is 2.44 bits per heavy atom. The summed E-state index contributed by atoms with van der Waals surface area (Å²) < 4.78 is 28.2. The van der Waals surface area contributed by atoms with Gasteiger partial charge in [0.15, 0.2) is 0 Å². The van der Waals surface area contributed by atoms with Crippen molar-refractivity contribution in [1.82, 2.24) is 9.62 Å². The summed E-state index contributed by atoms with van der Waals surface area (Å²) in [6.45, 7) is 1.61. The number of carbonyl (C=O) groups excluding carboxylic acids is 1. The van der Waals surface area contributed by atoms with Crippen LogP contribution in [-0.4, -0.2) is 38.4 Å². The first-order chi connectivity index (χ1) is 13.0. The standard InChI is InChI=1S/C21H30N2O3S/c24-21(23-13-12-16-6-1-2-7-18(16)15-23)17-8-5-11-20(14-17)27(25,26)22-19-9-3-4-10-19/h5,8,11,14,16,18-19,22H,1-4,6-7,9-10,12-13,15H2. The minimum absolute atomic E-state index is 0.0275. The van der Waals surface area contributed by atoms with Crippen LogP contribution in [0.3, 0.4) is 0 Å². The molecule has 0 radical (unpaired) electrons. The lowest BCUT2D eigenvalue weighted by Gasteiger charge is -2.41. The zero-order valence-corrected chi connectivity index (χ0v) is 16.7. The summed E-state index contributed by atoms with van der Waals surface area (Å²) in [6.07, 6.45) is 10.1. The smallest absolute Gasteiger partial charge is 0.253 e. The molecule has 3 aliphatic rings. The number of nitrogens with zero attached hydrogens (tertiary/aromatic N) is 1. The lowest BCUT2D eigenvalue weighted by Crippen LogP contribution is -2.44. The number of nitrogens with one attached hydrogen (secondary N) is 1. The van der Waals surface area contributed by atoms with Gasteiger partial charge in [0, 0.05) is 24.7 Å². The van der Waals surface area contributed by atoms with Crippen molar-refractivity contribution in [3.8, 4) is 0 Å². The van der Waals surface area contributed by atoms with Gasteiger partial charge in [-0.05, 0) is 55.7 Å². The first-order valence-electron chi connectivity index (χ1n) is 10.4. The Bertz CT molecular complexity index is 786. The third kappa shape index (κ3) is 4.21. The van der Waals surface area contributed by atoms with Crippen LogP contribution >= 0.6 is 0 Å². The van der Waals surface area contributed by atoms with Gasteiger partial charge in [-0.1, -0.05) is 38.2 Å². The highest BCUT2D eigenvalue weighted by molar-refractivity contribution is 7.89. The molecular weight excluding hydrogens is 360 g/mol. The maximum atomic E-state index is 13.0. The van der Waals surface area contributed by atoms with E-state index in [0.717, 1.165) is 51.1 Å². The Kier molecular flexibility index (Phi) is 5.55. The third-order valence-electron chi connectivity index (χ3n) is 6.65. The predicted molar refractivity (Wildman–Crippen MR) is 105 cm³/mol. The number of fused-ring (bicyclic) bond motifs is 1. The molecule has 1 heterocycles. The van der Waals surface area contributed by atoms with Crippen LogP contribution in [0.5, 0.6) is 0 Å². The van der Waals surface area contributed by atoms with Crippen molar-refractivity contribution in [2.24, 2.45) is 11.8 Å². The molecule has 0 aromatic heterocycles. The minimum Gasteiger partial charge on any atom is -0.338 e. The molecule has 1 aromatic rings. The molecule has 148 valence electrons. The van der Waals surface area contributed by atoms with Gasteiger partial charge in [-0.3, -0.25) is 4.79 Å². The van der Waals surface area contributed by atoms with Gasteiger partial charge in [-0.15, -0.1) is 0 Å². The molecule has 2 aliphatic carbocycles. The molecule has 27 heavy (non-hydrogen) atoms. The highest BCUT2D eigenvalue weighted by atomic mass is 32.2. The fourth-order valence-corrected chi connectivity index (χ4v) is 6.45. The molecule has 1 aromatic carbocycles. The zero-order chi connectivity index (χ0) is 18.9. The number of benzene rings is 1. The third-order valence-corrected chi connectivity index (χ3v) is 8.16. The normalized spacial score (nSPS) is 26.7. The molecule has 0 spiro atoms. The minimum atomic E-state index is -3.57. The predicted octanol–water partition coefficient (Wildman–Crippen LogP) is 3.56. The number of carbonyl (C=O) groups is 1. The van der Waals surface area contributed by atoms with E-state index in [2.05, 4.69) is 4.72 Å². The van der Waals surface area contributed by atoms with Gasteiger partial charge in [0.1, 0.15) is 0 Å². The van der Waals surface area contributed by atoms with Gasteiger partial charge in [-0.2, -0.15) is 0 Å². The summed E-state index contributed by atoms with van der Waals surface area (Å²) >= 11 is 0. The van der Waals surface area contributed by atoms with Crippen LogP contribution in [0.25, 0.3) is 0 Å². The second kappa shape index (κ2) is 7.92. The Hall–Kier alpha value is -1.40. The van der Waals surface area contributed by atoms with Crippen molar-refractivity contribution in [3.63, 3.8) is 0 Å². The van der Waals surface area contributed by atoms with Gasteiger partial charge in [-0.25, -0.2) is 13.1 Å². The van der Waals surface area contributed by atoms with Crippen LogP contribution in [0.15, 0.2) is 29.2 Å². The number of hydrogen-bond donors (Lipinski definition) is 1. The first kappa shape index (κ1) is 18.9. The molecule has 2 unspecified atom stereocenters. The number of sulfonamides is 1. The topological polar surface area (TPSA) is 66.5 Å². The molecule has 2 saturated carbocycles. The maximum Gasteiger partial charge on any atom is 0.253 e. The molecule has 6 heteroatoms. The quantitative estimate of drug-likeness (QED) is 0.855. The van der Waals surface area contributed by atoms with E-state index in [1.54, 1.807) is 24.3 Å². The highest BCUT2D eigenvalue weighted by Crippen LogP contribution is 2.36. The van der Waals surface area contributed by atoms with E-state index in [-0.39, 0.29) is 16.8 Å². The largest absolute Gasteiger partial charge is 0.338 e. The molecule has 3 fully saturated rings. The lowest BCUT2D eigenvalue weighted by atomic mass is 9.75. The van der Waals surface area contributed by atoms with Crippen molar-refractivity contribution in [3.05, 3.63) is 29.8 Å². The molecule has 1 N–H and O–H groups in total. The number of rotatable bonds is 4. The first-order valence-corrected chi connectivity index (χ1v) is 11.9. The van der Waals surface area contributed by atoms with E-state index in [0.29, 0.717) is 11.5 Å². The van der Waals surface area contributed by atoms with Crippen LogP contribution in [0.2, 0.25) is 0 Å². The SMILES string of the molecule is O=C(c1cccc(S(=O)(=O)NC2CCCC2)c1)N1CCC2CCCCC2C1. The molecule has 0 bridgehead atoms. The summed E-state index contributed by atoms with van der Waals surface area (Å²) in [5.41, 5.74) is 0.485. The van der Waals surface area contributed by atoms with Crippen molar-refractivity contribution < 1.29 is 13.2 Å². The van der Waals surface area contributed by atoms with E-state index in [1.165, 1.54) is 25.7 Å². The van der Waals surface area contributed by atoms with Crippen LogP contribution in [0, 0.1) is 11.8 Å². The van der Waals surface area contributed by atoms with Crippen molar-refractivity contribution >= 4 is 15.9 Å². The zero-order valence-electron chi connectivity index (χ0n) is 15.9. The van der Waals surface area contributed by atoms with Gasteiger partial charge in [0.05, 0.1) is 4.90 Å². The van der Waals surface area contributed by atoms with Crippen LogP contribution in [0.4, 0.5) is 0 Å². The second-order valence-electron chi connectivity index (χ2n) is 8.47. The highest BCUT2D eigenvalue weighted by Gasteiger charge is 2.33. The van der Waals surface area contributed by atoms with E-state index >= 15 is 0 Å². The van der Waals surface area contributed by atoms with Crippen LogP contribution in [-0.2, 0) is 10.0 Å². The van der Waals surface area contributed by atoms with Gasteiger partial charge >= 0.3 is 0 Å². The summed E-state index contributed by atoms with van der Waals surface area (Å²) in [7, 11) is -3.57. The summed E-state index contributed by atoms with van der Waals surface area (Å²) in [5, 5.41) is 0. The van der Waals surface area contributed by atoms with Gasteiger partial charge in [0.2, 0.25) is 10.0 Å². The van der Waals surface area contributed by atoms with E-state index in [4.69, 9.17) is 0 Å². The Morgan fingerprint density at radius 2 is 1.67 bits per heavy atom. The van der Waals surface area contributed by atoms with E-state index < -0.39 is 10.0 Å². The number of amides is 1. The molecule has 1 saturated heterocycles. The molecular formula is C21H30N2O3S. The average molecular weight is 391 g/mol. The lowest BCUT2D eigenvalue weighted by molar-refractivity contribution is 0.0520. The monoisotopic (exact) mass is 390 g/mol. The summed E-state index contributed by atoms with van der Waals surface area (Å²) in [6, 6.07) is 6.58. The summed E-state index contributed by atoms with van der Waals surface area (Å²) in [5.74, 6) is 1.36. The Morgan fingerprint density at radius 1 is 0.963 bits per heavy atom. The molecule has 1 amide bonds. The van der Waals surface area contributed by atoms with E-state index in [1.807, 2.05) is 4.90 Å². The van der Waals surface area contributed by atoms with Gasteiger partial charge in [0.25, 0.3) is 5.91 Å². The van der Waals surface area contributed by atoms with Crippen LogP contribution in [0.1, 0.15) is 68.1 Å². The van der Waals surface area contributed by atoms with E-state index in [9.17, 15) is 13.2 Å². The van der Waals surface area contributed by atoms with Crippen molar-refractivity contribution in [1.29, 1.82) is 0 Å². The van der Waals surface area contributed by atoms with Crippen molar-refractivity contribution in [2.45, 2.75) is 68.7 Å². The number of piperidine rings is 1. The fourth-order valence-electron chi connectivity index (χ4n) is 5.10. The molecule has 4 rings (SSSR count). The molecule has 1 aliphatic heterocycles. The molecule has 5 nitrogen and oxygen atoms in total. The average Bonchev–Trinajstić information content (AvgIpc) is 3.19. The Labute approximate surface area is 162 Å². The van der Waals surface area contributed by atoms with Gasteiger partial charge < -0.3 is 4.90 Å². The summed E-state index contributed by atoms with van der Waals surface area (Å²) in [4.78, 5) is 15.1. The molecule has 2 atom stereocenters. The maximum absolute atomic E-state index is 13.0.